The van der Waals surface area contributed by atoms with Crippen LogP contribution in [-0.4, -0.2) is 9.55 Å². The Morgan fingerprint density at radius 3 is 2.74 bits per heavy atom. The lowest BCUT2D eigenvalue weighted by atomic mass is 10.0. The molecule has 0 N–H and O–H groups in total. The molecule has 3 heteroatoms. The van der Waals surface area contributed by atoms with Crippen LogP contribution in [0.5, 0.6) is 0 Å². The van der Waals surface area contributed by atoms with Gasteiger partial charge in [-0.1, -0.05) is 23.7 Å². The number of para-hydroxylation sites is 1. The van der Waals surface area contributed by atoms with Crippen molar-refractivity contribution in [2.24, 2.45) is 0 Å². The molecule has 0 unspecified atom stereocenters. The maximum absolute atomic E-state index is 5.96. The number of hydrogen-bond acceptors (Lipinski definition) is 1. The summed E-state index contributed by atoms with van der Waals surface area (Å²) in [6.45, 7) is 1.05. The van der Waals surface area contributed by atoms with E-state index in [0.717, 1.165) is 34.9 Å². The predicted molar refractivity (Wildman–Crippen MR) is 78.5 cm³/mol. The van der Waals surface area contributed by atoms with E-state index in [1.165, 1.54) is 17.5 Å². The molecule has 0 spiro atoms. The fourth-order valence-corrected chi connectivity index (χ4v) is 3.05. The highest BCUT2D eigenvalue weighted by molar-refractivity contribution is 6.30. The van der Waals surface area contributed by atoms with E-state index in [-0.39, 0.29) is 0 Å². The average molecular weight is 269 g/mol. The summed E-state index contributed by atoms with van der Waals surface area (Å²) in [6.07, 6.45) is 2.34. The lowest BCUT2D eigenvalue weighted by Gasteiger charge is -2.16. The van der Waals surface area contributed by atoms with Crippen LogP contribution in [0.4, 0.5) is 0 Å². The van der Waals surface area contributed by atoms with Crippen molar-refractivity contribution in [2.45, 2.75) is 19.4 Å². The minimum absolute atomic E-state index is 0.763. The first-order chi connectivity index (χ1) is 9.33. The van der Waals surface area contributed by atoms with Crippen molar-refractivity contribution < 1.29 is 0 Å². The number of halogens is 1. The van der Waals surface area contributed by atoms with Crippen LogP contribution in [-0.2, 0) is 13.0 Å². The molecule has 0 atom stereocenters. The Bertz CT molecular complexity index is 756. The molecule has 4 rings (SSSR count). The molecule has 0 amide bonds. The van der Waals surface area contributed by atoms with Gasteiger partial charge in [0.1, 0.15) is 5.82 Å². The van der Waals surface area contributed by atoms with Gasteiger partial charge in [-0.25, -0.2) is 4.98 Å². The topological polar surface area (TPSA) is 17.8 Å². The highest BCUT2D eigenvalue weighted by Gasteiger charge is 2.18. The normalized spacial score (nSPS) is 13.9. The number of hydrogen-bond donors (Lipinski definition) is 0. The first-order valence-electron chi connectivity index (χ1n) is 6.57. The highest BCUT2D eigenvalue weighted by atomic mass is 35.5. The van der Waals surface area contributed by atoms with Gasteiger partial charge in [-0.3, -0.25) is 0 Å². The van der Waals surface area contributed by atoms with Gasteiger partial charge in [-0.05, 0) is 48.7 Å². The first-order valence-corrected chi connectivity index (χ1v) is 6.95. The monoisotopic (exact) mass is 268 g/mol. The molecule has 94 valence electrons. The lowest BCUT2D eigenvalue weighted by Crippen LogP contribution is -2.08. The highest BCUT2D eigenvalue weighted by Crippen LogP contribution is 2.31. The first kappa shape index (κ1) is 11.1. The molecule has 0 fully saturated rings. The molecule has 2 nitrogen and oxygen atoms in total. The van der Waals surface area contributed by atoms with Crippen molar-refractivity contribution in [3.05, 3.63) is 53.1 Å². The zero-order chi connectivity index (χ0) is 12.8. The predicted octanol–water partition coefficient (Wildman–Crippen LogP) is 4.30. The summed E-state index contributed by atoms with van der Waals surface area (Å²) in [7, 11) is 0. The van der Waals surface area contributed by atoms with E-state index in [1.807, 2.05) is 24.3 Å². The molecule has 0 saturated heterocycles. The fraction of sp³-hybridized carbons (Fsp3) is 0.188. The SMILES string of the molecule is Clc1ccc(-c2nc3cccc4c3n2CCC4)cc1. The van der Waals surface area contributed by atoms with Crippen LogP contribution in [0.25, 0.3) is 22.4 Å². The van der Waals surface area contributed by atoms with Gasteiger partial charge in [0.15, 0.2) is 0 Å². The number of imidazole rings is 1. The minimum atomic E-state index is 0.763. The van der Waals surface area contributed by atoms with Crippen LogP contribution in [0.15, 0.2) is 42.5 Å². The second-order valence-electron chi connectivity index (χ2n) is 4.98. The van der Waals surface area contributed by atoms with Gasteiger partial charge in [-0.15, -0.1) is 0 Å². The van der Waals surface area contributed by atoms with E-state index >= 15 is 0 Å². The van der Waals surface area contributed by atoms with Gasteiger partial charge in [0.05, 0.1) is 11.0 Å². The quantitative estimate of drug-likeness (QED) is 0.643. The summed E-state index contributed by atoms with van der Waals surface area (Å²) in [6, 6.07) is 14.3. The smallest absolute Gasteiger partial charge is 0.141 e. The minimum Gasteiger partial charge on any atom is -0.324 e. The van der Waals surface area contributed by atoms with E-state index in [4.69, 9.17) is 16.6 Å². The van der Waals surface area contributed by atoms with Crippen LogP contribution in [0.3, 0.4) is 0 Å². The van der Waals surface area contributed by atoms with Gasteiger partial charge in [0.2, 0.25) is 0 Å². The van der Waals surface area contributed by atoms with Crippen LogP contribution < -0.4 is 0 Å². The number of aryl methyl sites for hydroxylation is 2. The van der Waals surface area contributed by atoms with Crippen molar-refractivity contribution in [2.75, 3.05) is 0 Å². The Kier molecular flexibility index (Phi) is 2.39. The third kappa shape index (κ3) is 1.67. The van der Waals surface area contributed by atoms with Gasteiger partial charge >= 0.3 is 0 Å². The van der Waals surface area contributed by atoms with Crippen molar-refractivity contribution >= 4 is 22.6 Å². The second kappa shape index (κ2) is 4.10. The van der Waals surface area contributed by atoms with Crippen LogP contribution >= 0.6 is 11.6 Å². The number of nitrogens with zero attached hydrogens (tertiary/aromatic N) is 2. The summed E-state index contributed by atoms with van der Waals surface area (Å²) in [5, 5.41) is 0.763. The average Bonchev–Trinajstić information content (AvgIpc) is 2.82. The van der Waals surface area contributed by atoms with E-state index in [0.29, 0.717) is 0 Å². The number of benzene rings is 2. The molecule has 1 aromatic heterocycles. The molecule has 0 aliphatic carbocycles. The van der Waals surface area contributed by atoms with Crippen LogP contribution in [0.1, 0.15) is 12.0 Å². The lowest BCUT2D eigenvalue weighted by molar-refractivity contribution is 0.637. The van der Waals surface area contributed by atoms with Gasteiger partial charge in [0.25, 0.3) is 0 Å². The van der Waals surface area contributed by atoms with Crippen LogP contribution in [0, 0.1) is 0 Å². The van der Waals surface area contributed by atoms with Crippen molar-refractivity contribution in [3.63, 3.8) is 0 Å². The molecular weight excluding hydrogens is 256 g/mol. The Morgan fingerprint density at radius 1 is 1.05 bits per heavy atom. The van der Waals surface area contributed by atoms with E-state index < -0.39 is 0 Å². The second-order valence-corrected chi connectivity index (χ2v) is 5.42. The van der Waals surface area contributed by atoms with Crippen LogP contribution in [0.2, 0.25) is 5.02 Å². The zero-order valence-electron chi connectivity index (χ0n) is 10.4. The molecule has 19 heavy (non-hydrogen) atoms. The zero-order valence-corrected chi connectivity index (χ0v) is 11.2. The summed E-state index contributed by atoms with van der Waals surface area (Å²) >= 11 is 5.96. The fourth-order valence-electron chi connectivity index (χ4n) is 2.93. The third-order valence-electron chi connectivity index (χ3n) is 3.78. The molecule has 0 bridgehead atoms. The third-order valence-corrected chi connectivity index (χ3v) is 4.03. The maximum atomic E-state index is 5.96. The standard InChI is InChI=1S/C16H13ClN2/c17-13-8-6-12(7-9-13)16-18-14-5-1-3-11-4-2-10-19(16)15(11)14/h1,3,5-9H,2,4,10H2. The summed E-state index contributed by atoms with van der Waals surface area (Å²) in [4.78, 5) is 4.80. The maximum Gasteiger partial charge on any atom is 0.141 e. The molecule has 2 aromatic carbocycles. The van der Waals surface area contributed by atoms with Crippen molar-refractivity contribution in [3.8, 4) is 11.4 Å². The number of rotatable bonds is 1. The molecule has 0 radical (unpaired) electrons. The van der Waals surface area contributed by atoms with E-state index in [1.54, 1.807) is 0 Å². The Balaban J connectivity index is 2.01. The molecule has 1 aliphatic rings. The Labute approximate surface area is 116 Å². The molecule has 1 aliphatic heterocycles. The summed E-state index contributed by atoms with van der Waals surface area (Å²) in [5.74, 6) is 1.05. The van der Waals surface area contributed by atoms with Gasteiger partial charge < -0.3 is 4.57 Å². The van der Waals surface area contributed by atoms with Gasteiger partial charge in [-0.2, -0.15) is 0 Å². The van der Waals surface area contributed by atoms with Crippen molar-refractivity contribution in [1.29, 1.82) is 0 Å². The van der Waals surface area contributed by atoms with Gasteiger partial charge in [0, 0.05) is 17.1 Å². The Morgan fingerprint density at radius 2 is 1.89 bits per heavy atom. The van der Waals surface area contributed by atoms with E-state index in [9.17, 15) is 0 Å². The molecule has 2 heterocycles. The summed E-state index contributed by atoms with van der Waals surface area (Å²) in [5.41, 5.74) is 4.95. The largest absolute Gasteiger partial charge is 0.324 e. The van der Waals surface area contributed by atoms with E-state index in [2.05, 4.69) is 22.8 Å². The summed E-state index contributed by atoms with van der Waals surface area (Å²) < 4.78 is 2.34. The molecule has 3 aromatic rings. The molecular formula is C16H13ClN2. The number of aromatic nitrogens is 2. The Hall–Kier alpha value is -1.80. The van der Waals surface area contributed by atoms with Crippen molar-refractivity contribution in [1.82, 2.24) is 9.55 Å². The molecule has 0 saturated carbocycles.